The summed E-state index contributed by atoms with van der Waals surface area (Å²) in [4.78, 5) is 23.9. The van der Waals surface area contributed by atoms with Crippen molar-refractivity contribution in [1.29, 1.82) is 0 Å². The molecule has 1 heterocycles. The first-order chi connectivity index (χ1) is 11.8. The fourth-order valence-electron chi connectivity index (χ4n) is 1.94. The van der Waals surface area contributed by atoms with E-state index in [-0.39, 0.29) is 34.5 Å². The van der Waals surface area contributed by atoms with E-state index in [1.54, 1.807) is 6.92 Å². The molecule has 0 radical (unpaired) electrons. The molecule has 0 bridgehead atoms. The lowest BCUT2D eigenvalue weighted by atomic mass is 10.2. The van der Waals surface area contributed by atoms with E-state index < -0.39 is 18.5 Å². The molecule has 0 saturated carbocycles. The summed E-state index contributed by atoms with van der Waals surface area (Å²) in [6.45, 7) is -1.16. The normalized spacial score (nSPS) is 10.6. The maximum Gasteiger partial charge on any atom is 0.387 e. The number of benzene rings is 1. The highest BCUT2D eigenvalue weighted by Crippen LogP contribution is 2.29. The summed E-state index contributed by atoms with van der Waals surface area (Å²) in [6.07, 6.45) is 0. The van der Waals surface area contributed by atoms with Gasteiger partial charge in [-0.25, -0.2) is 4.79 Å². The van der Waals surface area contributed by atoms with E-state index in [4.69, 9.17) is 16.3 Å². The highest BCUT2D eigenvalue weighted by Gasteiger charge is 2.19. The van der Waals surface area contributed by atoms with Crippen molar-refractivity contribution in [3.8, 4) is 5.75 Å². The van der Waals surface area contributed by atoms with Crippen LogP contribution in [-0.4, -0.2) is 34.9 Å². The van der Waals surface area contributed by atoms with Crippen LogP contribution in [0, 0.1) is 0 Å². The molecular formula is C15H14ClF2N3O4. The quantitative estimate of drug-likeness (QED) is 0.787. The van der Waals surface area contributed by atoms with Gasteiger partial charge >= 0.3 is 12.6 Å². The second-order valence-electron chi connectivity index (χ2n) is 4.74. The average Bonchev–Trinajstić information content (AvgIpc) is 2.92. The predicted octanol–water partition coefficient (Wildman–Crippen LogP) is 3.10. The minimum Gasteiger partial charge on any atom is -0.461 e. The molecule has 0 atom stereocenters. The number of aromatic nitrogens is 2. The Balaban J connectivity index is 2.13. The van der Waals surface area contributed by atoms with Crippen LogP contribution in [0.5, 0.6) is 5.75 Å². The Labute approximate surface area is 146 Å². The van der Waals surface area contributed by atoms with E-state index >= 15 is 0 Å². The van der Waals surface area contributed by atoms with Crippen LogP contribution in [0.15, 0.2) is 24.3 Å². The molecule has 2 aromatic rings. The summed E-state index contributed by atoms with van der Waals surface area (Å²) in [7, 11) is 1.50. The fraction of sp³-hybridized carbons (Fsp3) is 0.267. The van der Waals surface area contributed by atoms with Crippen LogP contribution >= 0.6 is 11.6 Å². The van der Waals surface area contributed by atoms with Crippen molar-refractivity contribution in [3.05, 3.63) is 40.7 Å². The summed E-state index contributed by atoms with van der Waals surface area (Å²) in [6, 6.07) is 5.08. The molecule has 0 aliphatic carbocycles. The van der Waals surface area contributed by atoms with Gasteiger partial charge in [0.05, 0.1) is 11.6 Å². The number of carbonyl (C=O) groups excluding carboxylic acids is 2. The number of nitrogens with one attached hydrogen (secondary N) is 1. The molecule has 0 fully saturated rings. The van der Waals surface area contributed by atoms with Gasteiger partial charge in [-0.05, 0) is 25.1 Å². The summed E-state index contributed by atoms with van der Waals surface area (Å²) in [5, 5.41) is 6.34. The predicted molar refractivity (Wildman–Crippen MR) is 85.2 cm³/mol. The van der Waals surface area contributed by atoms with Gasteiger partial charge in [-0.2, -0.15) is 13.9 Å². The number of amides is 1. The van der Waals surface area contributed by atoms with Crippen LogP contribution in [0.4, 0.5) is 14.5 Å². The molecular weight excluding hydrogens is 360 g/mol. The number of nitrogens with zero attached hydrogens (tertiary/aromatic N) is 2. The second kappa shape index (κ2) is 7.93. The first-order valence-corrected chi connectivity index (χ1v) is 7.46. The fourth-order valence-corrected chi connectivity index (χ4v) is 2.16. The zero-order valence-electron chi connectivity index (χ0n) is 13.3. The van der Waals surface area contributed by atoms with E-state index in [0.29, 0.717) is 0 Å². The molecule has 0 aliphatic heterocycles. The van der Waals surface area contributed by atoms with Gasteiger partial charge in [-0.1, -0.05) is 11.6 Å². The Hall–Kier alpha value is -2.68. The number of hydrogen-bond donors (Lipinski definition) is 1. The molecule has 0 aliphatic rings. The third-order valence-corrected chi connectivity index (χ3v) is 3.30. The third kappa shape index (κ3) is 4.66. The molecule has 1 amide bonds. The minimum atomic E-state index is -3.01. The van der Waals surface area contributed by atoms with Crippen molar-refractivity contribution in [3.63, 3.8) is 0 Å². The Bertz CT molecular complexity index is 795. The molecule has 10 heteroatoms. The number of halogens is 3. The molecule has 0 saturated heterocycles. The number of aryl methyl sites for hydroxylation is 1. The van der Waals surface area contributed by atoms with Gasteiger partial charge in [0.25, 0.3) is 5.91 Å². The topological polar surface area (TPSA) is 82.5 Å². The van der Waals surface area contributed by atoms with Crippen LogP contribution in [0.1, 0.15) is 27.9 Å². The Morgan fingerprint density at radius 2 is 2.08 bits per heavy atom. The summed E-state index contributed by atoms with van der Waals surface area (Å²) in [5.41, 5.74) is 0.347. The van der Waals surface area contributed by atoms with Crippen LogP contribution in [-0.2, 0) is 11.8 Å². The summed E-state index contributed by atoms with van der Waals surface area (Å²) >= 11 is 5.82. The lowest BCUT2D eigenvalue weighted by molar-refractivity contribution is -0.0497. The van der Waals surface area contributed by atoms with Crippen molar-refractivity contribution in [2.24, 2.45) is 7.05 Å². The molecule has 1 aromatic carbocycles. The highest BCUT2D eigenvalue weighted by molar-refractivity contribution is 6.32. The van der Waals surface area contributed by atoms with Crippen LogP contribution < -0.4 is 10.1 Å². The van der Waals surface area contributed by atoms with Gasteiger partial charge in [0.15, 0.2) is 5.69 Å². The van der Waals surface area contributed by atoms with Crippen molar-refractivity contribution in [2.75, 3.05) is 11.9 Å². The van der Waals surface area contributed by atoms with Crippen LogP contribution in [0.25, 0.3) is 0 Å². The number of esters is 1. The summed E-state index contributed by atoms with van der Waals surface area (Å²) in [5.74, 6) is -1.42. The van der Waals surface area contributed by atoms with Crippen molar-refractivity contribution in [2.45, 2.75) is 13.5 Å². The lowest BCUT2D eigenvalue weighted by Gasteiger charge is -2.08. The lowest BCUT2D eigenvalue weighted by Crippen LogP contribution is -2.13. The van der Waals surface area contributed by atoms with Crippen molar-refractivity contribution < 1.29 is 27.8 Å². The maximum atomic E-state index is 12.2. The Morgan fingerprint density at radius 3 is 2.68 bits per heavy atom. The number of alkyl halides is 2. The molecule has 25 heavy (non-hydrogen) atoms. The largest absolute Gasteiger partial charge is 0.461 e. The Morgan fingerprint density at radius 1 is 1.36 bits per heavy atom. The molecule has 0 unspecified atom stereocenters. The molecule has 134 valence electrons. The average molecular weight is 374 g/mol. The zero-order chi connectivity index (χ0) is 18.6. The first-order valence-electron chi connectivity index (χ1n) is 7.08. The molecule has 0 spiro atoms. The first kappa shape index (κ1) is 18.7. The van der Waals surface area contributed by atoms with E-state index in [9.17, 15) is 18.4 Å². The second-order valence-corrected chi connectivity index (χ2v) is 5.14. The van der Waals surface area contributed by atoms with Gasteiger partial charge < -0.3 is 14.8 Å². The van der Waals surface area contributed by atoms with Crippen molar-refractivity contribution in [1.82, 2.24) is 9.78 Å². The standard InChI is InChI=1S/C15H14ClF2N3O4/c1-3-24-14(23)11-7-10(20-21(11)2)13(22)19-8-4-5-12(9(16)6-8)25-15(17)18/h4-7,15H,3H2,1-2H3,(H,19,22). The smallest absolute Gasteiger partial charge is 0.387 e. The number of rotatable bonds is 6. The van der Waals surface area contributed by atoms with E-state index in [0.717, 1.165) is 0 Å². The van der Waals surface area contributed by atoms with Crippen LogP contribution in [0.3, 0.4) is 0 Å². The number of anilines is 1. The number of hydrogen-bond acceptors (Lipinski definition) is 5. The van der Waals surface area contributed by atoms with Gasteiger partial charge in [-0.3, -0.25) is 9.48 Å². The molecule has 1 aromatic heterocycles. The number of ether oxygens (including phenoxy) is 2. The van der Waals surface area contributed by atoms with E-state index in [2.05, 4.69) is 15.2 Å². The highest BCUT2D eigenvalue weighted by atomic mass is 35.5. The molecule has 1 N–H and O–H groups in total. The maximum absolute atomic E-state index is 12.2. The SMILES string of the molecule is CCOC(=O)c1cc(C(=O)Nc2ccc(OC(F)F)c(Cl)c2)nn1C. The monoisotopic (exact) mass is 373 g/mol. The minimum absolute atomic E-state index is 0.0189. The Kier molecular flexibility index (Phi) is 5.92. The third-order valence-electron chi connectivity index (χ3n) is 3.00. The van der Waals surface area contributed by atoms with Gasteiger partial charge in [0.1, 0.15) is 11.4 Å². The molecule has 2 rings (SSSR count). The van der Waals surface area contributed by atoms with E-state index in [1.807, 2.05) is 0 Å². The zero-order valence-corrected chi connectivity index (χ0v) is 14.0. The number of carbonyl (C=O) groups is 2. The molecule has 7 nitrogen and oxygen atoms in total. The van der Waals surface area contributed by atoms with Gasteiger partial charge in [0, 0.05) is 18.8 Å². The summed E-state index contributed by atoms with van der Waals surface area (Å²) < 4.78 is 34.7. The van der Waals surface area contributed by atoms with Gasteiger partial charge in [0.2, 0.25) is 0 Å². The van der Waals surface area contributed by atoms with E-state index in [1.165, 1.54) is 36.0 Å². The van der Waals surface area contributed by atoms with Gasteiger partial charge in [-0.15, -0.1) is 0 Å². The van der Waals surface area contributed by atoms with Crippen molar-refractivity contribution >= 4 is 29.2 Å². The van der Waals surface area contributed by atoms with Crippen LogP contribution in [0.2, 0.25) is 5.02 Å².